The molecule has 0 N–H and O–H groups in total. The molecule has 4 heteroatoms. The third kappa shape index (κ3) is 1.40. The third-order valence-corrected chi connectivity index (χ3v) is 4.07. The van der Waals surface area contributed by atoms with Crippen LogP contribution in [0.1, 0.15) is 20.3 Å². The predicted octanol–water partition coefficient (Wildman–Crippen LogP) is 0.946. The minimum absolute atomic E-state index is 0.257. The molecule has 0 amide bonds. The van der Waals surface area contributed by atoms with Gasteiger partial charge in [-0.15, -0.1) is 0 Å². The number of hydrogen-bond acceptors (Lipinski definition) is 2. The first-order valence-corrected chi connectivity index (χ1v) is 5.19. The molecular formula is C7H13NO2S. The van der Waals surface area contributed by atoms with Gasteiger partial charge in [-0.3, -0.25) is 4.31 Å². The van der Waals surface area contributed by atoms with Gasteiger partial charge in [0, 0.05) is 12.7 Å². The molecule has 0 spiro atoms. The number of allylic oxidation sites excluding steroid dienone is 2. The fourth-order valence-corrected chi connectivity index (χ4v) is 2.49. The first kappa shape index (κ1) is 8.59. The molecule has 0 saturated heterocycles. The van der Waals surface area contributed by atoms with E-state index >= 15 is 0 Å². The van der Waals surface area contributed by atoms with Gasteiger partial charge in [0.25, 0.3) is 0 Å². The largest absolute Gasteiger partial charge is 0.277 e. The summed E-state index contributed by atoms with van der Waals surface area (Å²) in [6.07, 6.45) is 0.679. The summed E-state index contributed by atoms with van der Waals surface area (Å²) in [7, 11) is -1.36. The highest BCUT2D eigenvalue weighted by molar-refractivity contribution is 7.89. The van der Waals surface area contributed by atoms with Crippen LogP contribution in [0, 0.1) is 0 Å². The van der Waals surface area contributed by atoms with Gasteiger partial charge < -0.3 is 0 Å². The van der Waals surface area contributed by atoms with Crippen molar-refractivity contribution in [3.63, 3.8) is 0 Å². The van der Waals surface area contributed by atoms with E-state index in [1.54, 1.807) is 7.05 Å². The lowest BCUT2D eigenvalue weighted by Crippen LogP contribution is -2.32. The molecule has 0 aliphatic carbocycles. The lowest BCUT2D eigenvalue weighted by molar-refractivity contribution is 0.510. The summed E-state index contributed by atoms with van der Waals surface area (Å²) in [5.74, 6) is 0.257. The van der Waals surface area contributed by atoms with Crippen molar-refractivity contribution < 1.29 is 8.42 Å². The van der Waals surface area contributed by atoms with Crippen LogP contribution in [0.5, 0.6) is 0 Å². The van der Waals surface area contributed by atoms with Crippen LogP contribution in [0.25, 0.3) is 0 Å². The van der Waals surface area contributed by atoms with E-state index in [0.29, 0.717) is 6.42 Å². The molecular weight excluding hydrogens is 162 g/mol. The molecule has 0 radical (unpaired) electrons. The summed E-state index contributed by atoms with van der Waals surface area (Å²) in [6.45, 7) is 3.81. The van der Waals surface area contributed by atoms with Crippen LogP contribution in [-0.2, 0) is 10.0 Å². The van der Waals surface area contributed by atoms with Crippen LogP contribution in [0.15, 0.2) is 11.3 Å². The van der Waals surface area contributed by atoms with Crippen LogP contribution in [0.3, 0.4) is 0 Å². The Kier molecular flexibility index (Phi) is 1.96. The SMILES string of the molecule is CC1=C(C)N(C)S(=O)(=O)CC1. The van der Waals surface area contributed by atoms with Gasteiger partial charge in [0.2, 0.25) is 10.0 Å². The van der Waals surface area contributed by atoms with E-state index in [9.17, 15) is 8.42 Å². The first-order valence-electron chi connectivity index (χ1n) is 3.58. The van der Waals surface area contributed by atoms with Gasteiger partial charge in [0.15, 0.2) is 0 Å². The van der Waals surface area contributed by atoms with Gasteiger partial charge >= 0.3 is 0 Å². The lowest BCUT2D eigenvalue weighted by Gasteiger charge is -2.26. The van der Waals surface area contributed by atoms with E-state index in [4.69, 9.17) is 0 Å². The minimum atomic E-state index is -2.97. The summed E-state index contributed by atoms with van der Waals surface area (Å²) in [6, 6.07) is 0. The van der Waals surface area contributed by atoms with Crippen molar-refractivity contribution >= 4 is 10.0 Å². The molecule has 64 valence electrons. The molecule has 11 heavy (non-hydrogen) atoms. The van der Waals surface area contributed by atoms with Gasteiger partial charge in [0.05, 0.1) is 5.75 Å². The quantitative estimate of drug-likeness (QED) is 0.549. The molecule has 3 nitrogen and oxygen atoms in total. The molecule has 1 rings (SSSR count). The maximum Gasteiger partial charge on any atom is 0.234 e. The van der Waals surface area contributed by atoms with Crippen LogP contribution >= 0.6 is 0 Å². The average Bonchev–Trinajstić information content (AvgIpc) is 1.95. The Bertz CT molecular complexity index is 290. The summed E-state index contributed by atoms with van der Waals surface area (Å²) in [5.41, 5.74) is 2.04. The Morgan fingerprint density at radius 3 is 2.36 bits per heavy atom. The molecule has 0 atom stereocenters. The second kappa shape index (κ2) is 2.52. The van der Waals surface area contributed by atoms with E-state index in [1.807, 2.05) is 13.8 Å². The van der Waals surface area contributed by atoms with Crippen molar-refractivity contribution in [2.75, 3.05) is 12.8 Å². The van der Waals surface area contributed by atoms with E-state index in [2.05, 4.69) is 0 Å². The Labute approximate surface area is 67.8 Å². The van der Waals surface area contributed by atoms with Crippen LogP contribution in [0.4, 0.5) is 0 Å². The number of nitrogens with zero attached hydrogens (tertiary/aromatic N) is 1. The maximum absolute atomic E-state index is 11.2. The van der Waals surface area contributed by atoms with Crippen molar-refractivity contribution in [3.8, 4) is 0 Å². The smallest absolute Gasteiger partial charge is 0.234 e. The van der Waals surface area contributed by atoms with Crippen molar-refractivity contribution in [2.45, 2.75) is 20.3 Å². The molecule has 0 aromatic carbocycles. The van der Waals surface area contributed by atoms with Crippen molar-refractivity contribution in [1.29, 1.82) is 0 Å². The van der Waals surface area contributed by atoms with Crippen LogP contribution in [0.2, 0.25) is 0 Å². The fraction of sp³-hybridized carbons (Fsp3) is 0.714. The lowest BCUT2D eigenvalue weighted by atomic mass is 10.2. The molecule has 0 aromatic rings. The highest BCUT2D eigenvalue weighted by Gasteiger charge is 2.23. The highest BCUT2D eigenvalue weighted by Crippen LogP contribution is 2.21. The third-order valence-electron chi connectivity index (χ3n) is 2.24. The first-order chi connectivity index (χ1) is 4.95. The molecule has 1 aliphatic rings. The van der Waals surface area contributed by atoms with Crippen molar-refractivity contribution in [1.82, 2.24) is 4.31 Å². The van der Waals surface area contributed by atoms with Crippen molar-refractivity contribution in [2.24, 2.45) is 0 Å². The molecule has 1 heterocycles. The summed E-state index contributed by atoms with van der Waals surface area (Å²) in [5, 5.41) is 0. The number of sulfonamides is 1. The second-order valence-corrected chi connectivity index (χ2v) is 5.02. The summed E-state index contributed by atoms with van der Waals surface area (Å²) in [4.78, 5) is 0. The van der Waals surface area contributed by atoms with Crippen LogP contribution < -0.4 is 0 Å². The molecule has 0 unspecified atom stereocenters. The Balaban J connectivity index is 3.10. The number of hydrogen-bond donors (Lipinski definition) is 0. The Morgan fingerprint density at radius 1 is 1.36 bits per heavy atom. The fourth-order valence-electron chi connectivity index (χ4n) is 1.08. The summed E-state index contributed by atoms with van der Waals surface area (Å²) < 4.78 is 23.8. The molecule has 0 saturated carbocycles. The van der Waals surface area contributed by atoms with Gasteiger partial charge in [-0.05, 0) is 20.3 Å². The minimum Gasteiger partial charge on any atom is -0.277 e. The van der Waals surface area contributed by atoms with E-state index in [0.717, 1.165) is 5.70 Å². The Morgan fingerprint density at radius 2 is 1.91 bits per heavy atom. The second-order valence-electron chi connectivity index (χ2n) is 2.90. The van der Waals surface area contributed by atoms with Crippen molar-refractivity contribution in [3.05, 3.63) is 11.3 Å². The zero-order valence-electron chi connectivity index (χ0n) is 7.09. The molecule has 0 bridgehead atoms. The molecule has 1 aliphatic heterocycles. The Hall–Kier alpha value is -0.510. The van der Waals surface area contributed by atoms with E-state index in [1.165, 1.54) is 9.88 Å². The molecule has 0 fully saturated rings. The maximum atomic E-state index is 11.2. The van der Waals surface area contributed by atoms with Gasteiger partial charge in [-0.2, -0.15) is 0 Å². The monoisotopic (exact) mass is 175 g/mol. The normalized spacial score (nSPS) is 24.1. The highest BCUT2D eigenvalue weighted by atomic mass is 32.2. The predicted molar refractivity (Wildman–Crippen MR) is 44.5 cm³/mol. The average molecular weight is 175 g/mol. The topological polar surface area (TPSA) is 37.4 Å². The summed E-state index contributed by atoms with van der Waals surface area (Å²) >= 11 is 0. The van der Waals surface area contributed by atoms with Crippen LogP contribution in [-0.4, -0.2) is 25.5 Å². The zero-order valence-corrected chi connectivity index (χ0v) is 7.90. The molecule has 0 aromatic heterocycles. The van der Waals surface area contributed by atoms with E-state index in [-0.39, 0.29) is 5.75 Å². The standard InChI is InChI=1S/C7H13NO2S/c1-6-4-5-11(9,10)8(3)7(6)2/h4-5H2,1-3H3. The van der Waals surface area contributed by atoms with Gasteiger partial charge in [-0.25, -0.2) is 8.42 Å². The number of rotatable bonds is 0. The van der Waals surface area contributed by atoms with Gasteiger partial charge in [0.1, 0.15) is 0 Å². The van der Waals surface area contributed by atoms with Gasteiger partial charge in [-0.1, -0.05) is 5.57 Å². The zero-order chi connectivity index (χ0) is 8.65. The van der Waals surface area contributed by atoms with E-state index < -0.39 is 10.0 Å².